The van der Waals surface area contributed by atoms with Gasteiger partial charge in [-0.15, -0.1) is 0 Å². The van der Waals surface area contributed by atoms with Crippen molar-refractivity contribution in [3.63, 3.8) is 0 Å². The summed E-state index contributed by atoms with van der Waals surface area (Å²) in [5.41, 5.74) is 2.31. The smallest absolute Gasteiger partial charge is 0.142 e. The quantitative estimate of drug-likeness (QED) is 0.847. The van der Waals surface area contributed by atoms with Gasteiger partial charge in [0, 0.05) is 6.54 Å². The number of nitrogens with zero attached hydrogens (tertiary/aromatic N) is 1. The van der Waals surface area contributed by atoms with Crippen molar-refractivity contribution in [2.75, 3.05) is 24.6 Å². The lowest BCUT2D eigenvalue weighted by atomic mass is 10.1. The second-order valence-electron chi connectivity index (χ2n) is 4.33. The van der Waals surface area contributed by atoms with Crippen molar-refractivity contribution in [2.45, 2.75) is 26.4 Å². The van der Waals surface area contributed by atoms with Crippen molar-refractivity contribution in [3.05, 3.63) is 23.8 Å². The molecule has 1 aliphatic heterocycles. The number of β-amino-alcohol motifs (C(OH)–C–C–N with tert-alkyl or cyclic N) is 1. The van der Waals surface area contributed by atoms with Gasteiger partial charge in [0.2, 0.25) is 0 Å². The van der Waals surface area contributed by atoms with Gasteiger partial charge < -0.3 is 14.7 Å². The van der Waals surface area contributed by atoms with Crippen LogP contribution in [0.4, 0.5) is 5.69 Å². The van der Waals surface area contributed by atoms with E-state index in [0.29, 0.717) is 13.2 Å². The molecule has 3 nitrogen and oxygen atoms in total. The van der Waals surface area contributed by atoms with Gasteiger partial charge in [0.15, 0.2) is 0 Å². The third kappa shape index (κ3) is 2.30. The second-order valence-corrected chi connectivity index (χ2v) is 4.33. The Balaban J connectivity index is 2.19. The van der Waals surface area contributed by atoms with E-state index in [4.69, 9.17) is 4.74 Å². The van der Waals surface area contributed by atoms with Crippen LogP contribution in [-0.2, 0) is 0 Å². The van der Waals surface area contributed by atoms with Gasteiger partial charge in [-0.05, 0) is 31.0 Å². The fourth-order valence-electron chi connectivity index (χ4n) is 1.96. The topological polar surface area (TPSA) is 32.7 Å². The number of aliphatic hydroxyl groups excluding tert-OH is 1. The fourth-order valence-corrected chi connectivity index (χ4v) is 1.96. The zero-order chi connectivity index (χ0) is 11.5. The number of anilines is 1. The molecular formula is C13H19NO2. The normalized spacial score (nSPS) is 16.6. The van der Waals surface area contributed by atoms with Gasteiger partial charge >= 0.3 is 0 Å². The van der Waals surface area contributed by atoms with Crippen LogP contribution >= 0.6 is 0 Å². The third-order valence-corrected chi connectivity index (χ3v) is 2.98. The molecule has 0 fully saturated rings. The fraction of sp³-hybridized carbons (Fsp3) is 0.538. The molecule has 0 unspecified atom stereocenters. The van der Waals surface area contributed by atoms with E-state index < -0.39 is 0 Å². The highest BCUT2D eigenvalue weighted by atomic mass is 16.5. The van der Waals surface area contributed by atoms with Crippen LogP contribution in [-0.4, -0.2) is 30.9 Å². The van der Waals surface area contributed by atoms with Crippen LogP contribution in [0, 0.1) is 6.92 Å². The lowest BCUT2D eigenvalue weighted by Gasteiger charge is -2.32. The summed E-state index contributed by atoms with van der Waals surface area (Å²) in [6.45, 7) is 6.31. The van der Waals surface area contributed by atoms with Crippen LogP contribution < -0.4 is 9.64 Å². The van der Waals surface area contributed by atoms with Crippen molar-refractivity contribution >= 4 is 5.69 Å². The van der Waals surface area contributed by atoms with Gasteiger partial charge in [-0.25, -0.2) is 0 Å². The minimum atomic E-state index is -0.257. The molecule has 0 saturated heterocycles. The molecule has 1 aliphatic rings. The summed E-state index contributed by atoms with van der Waals surface area (Å²) < 4.78 is 5.63. The van der Waals surface area contributed by atoms with Gasteiger partial charge in [-0.1, -0.05) is 13.0 Å². The standard InChI is InChI=1S/C13H19NO2/c1-3-11(15)9-14-6-7-16-13-8-10(2)4-5-12(13)14/h4-5,8,11,15H,3,6-7,9H2,1-2H3/t11-/m1/s1. The van der Waals surface area contributed by atoms with Crippen molar-refractivity contribution in [2.24, 2.45) is 0 Å². The van der Waals surface area contributed by atoms with Gasteiger partial charge in [-0.2, -0.15) is 0 Å². The van der Waals surface area contributed by atoms with Gasteiger partial charge in [0.05, 0.1) is 18.3 Å². The lowest BCUT2D eigenvalue weighted by molar-refractivity contribution is 0.171. The van der Waals surface area contributed by atoms with Gasteiger partial charge in [0.1, 0.15) is 12.4 Å². The van der Waals surface area contributed by atoms with E-state index in [-0.39, 0.29) is 6.10 Å². The second kappa shape index (κ2) is 4.74. The summed E-state index contributed by atoms with van der Waals surface area (Å²) in [4.78, 5) is 2.20. The molecule has 0 saturated carbocycles. The van der Waals surface area contributed by atoms with Gasteiger partial charge in [-0.3, -0.25) is 0 Å². The Morgan fingerprint density at radius 2 is 2.31 bits per heavy atom. The van der Waals surface area contributed by atoms with Crippen molar-refractivity contribution < 1.29 is 9.84 Å². The largest absolute Gasteiger partial charge is 0.490 e. The summed E-state index contributed by atoms with van der Waals surface area (Å²) in [6, 6.07) is 6.21. The van der Waals surface area contributed by atoms with Crippen LogP contribution in [0.1, 0.15) is 18.9 Å². The van der Waals surface area contributed by atoms with E-state index in [1.807, 2.05) is 6.92 Å². The summed E-state index contributed by atoms with van der Waals surface area (Å²) in [6.07, 6.45) is 0.533. The third-order valence-electron chi connectivity index (χ3n) is 2.98. The molecule has 0 bridgehead atoms. The Kier molecular flexibility index (Phi) is 3.34. The molecule has 1 atom stereocenters. The number of benzene rings is 1. The molecule has 0 amide bonds. The molecule has 1 aromatic carbocycles. The molecular weight excluding hydrogens is 202 g/mol. The average molecular weight is 221 g/mol. The van der Waals surface area contributed by atoms with Crippen LogP contribution in [0.2, 0.25) is 0 Å². The number of rotatable bonds is 3. The predicted molar refractivity (Wildman–Crippen MR) is 65.2 cm³/mol. The summed E-state index contributed by atoms with van der Waals surface area (Å²) in [5, 5.41) is 9.71. The lowest BCUT2D eigenvalue weighted by Crippen LogP contribution is -2.38. The predicted octanol–water partition coefficient (Wildman–Crippen LogP) is 1.96. The molecule has 2 rings (SSSR count). The number of aliphatic hydroxyl groups is 1. The molecule has 1 N–H and O–H groups in total. The first kappa shape index (κ1) is 11.3. The number of fused-ring (bicyclic) bond motifs is 1. The average Bonchev–Trinajstić information content (AvgIpc) is 2.28. The van der Waals surface area contributed by atoms with E-state index in [1.165, 1.54) is 5.56 Å². The SMILES string of the molecule is CC[C@@H](O)CN1CCOc2cc(C)ccc21. The Morgan fingerprint density at radius 3 is 3.06 bits per heavy atom. The highest BCUT2D eigenvalue weighted by Gasteiger charge is 2.19. The summed E-state index contributed by atoms with van der Waals surface area (Å²) >= 11 is 0. The minimum absolute atomic E-state index is 0.257. The minimum Gasteiger partial charge on any atom is -0.490 e. The molecule has 0 spiro atoms. The van der Waals surface area contributed by atoms with E-state index in [0.717, 1.165) is 24.4 Å². The van der Waals surface area contributed by atoms with Crippen LogP contribution in [0.15, 0.2) is 18.2 Å². The molecule has 16 heavy (non-hydrogen) atoms. The first-order valence-corrected chi connectivity index (χ1v) is 5.87. The Hall–Kier alpha value is -1.22. The maximum Gasteiger partial charge on any atom is 0.142 e. The van der Waals surface area contributed by atoms with E-state index >= 15 is 0 Å². The molecule has 0 aliphatic carbocycles. The van der Waals surface area contributed by atoms with Gasteiger partial charge in [0.25, 0.3) is 0 Å². The maximum absolute atomic E-state index is 9.71. The number of hydrogen-bond acceptors (Lipinski definition) is 3. The zero-order valence-electron chi connectivity index (χ0n) is 9.94. The monoisotopic (exact) mass is 221 g/mol. The van der Waals surface area contributed by atoms with E-state index in [2.05, 4.69) is 30.0 Å². The first-order chi connectivity index (χ1) is 7.70. The molecule has 3 heteroatoms. The summed E-state index contributed by atoms with van der Waals surface area (Å²) in [7, 11) is 0. The maximum atomic E-state index is 9.71. The molecule has 1 heterocycles. The number of aryl methyl sites for hydroxylation is 1. The van der Waals surface area contributed by atoms with E-state index in [1.54, 1.807) is 0 Å². The first-order valence-electron chi connectivity index (χ1n) is 5.87. The Labute approximate surface area is 96.6 Å². The Bertz CT molecular complexity index is 365. The highest BCUT2D eigenvalue weighted by molar-refractivity contribution is 5.61. The van der Waals surface area contributed by atoms with E-state index in [9.17, 15) is 5.11 Å². The van der Waals surface area contributed by atoms with Crippen LogP contribution in [0.3, 0.4) is 0 Å². The van der Waals surface area contributed by atoms with Crippen molar-refractivity contribution in [1.82, 2.24) is 0 Å². The number of hydrogen-bond donors (Lipinski definition) is 1. The molecule has 88 valence electrons. The molecule has 1 aromatic rings. The van der Waals surface area contributed by atoms with Crippen molar-refractivity contribution in [3.8, 4) is 5.75 Å². The highest BCUT2D eigenvalue weighted by Crippen LogP contribution is 2.32. The van der Waals surface area contributed by atoms with Crippen LogP contribution in [0.25, 0.3) is 0 Å². The van der Waals surface area contributed by atoms with Crippen molar-refractivity contribution in [1.29, 1.82) is 0 Å². The summed E-state index contributed by atoms with van der Waals surface area (Å²) in [5.74, 6) is 0.939. The zero-order valence-corrected chi connectivity index (χ0v) is 9.94. The molecule has 0 aromatic heterocycles. The Morgan fingerprint density at radius 1 is 1.50 bits per heavy atom. The molecule has 0 radical (unpaired) electrons. The van der Waals surface area contributed by atoms with Crippen LogP contribution in [0.5, 0.6) is 5.75 Å². The number of ether oxygens (including phenoxy) is 1.